The van der Waals surface area contributed by atoms with Crippen LogP contribution in [-0.4, -0.2) is 18.8 Å². The van der Waals surface area contributed by atoms with E-state index in [-0.39, 0.29) is 6.04 Å². The molecule has 5 heteroatoms. The van der Waals surface area contributed by atoms with Crippen LogP contribution in [0.25, 0.3) is 0 Å². The van der Waals surface area contributed by atoms with Crippen LogP contribution in [-0.2, 0) is 0 Å². The monoisotopic (exact) mass is 389 g/mol. The molecule has 3 nitrogen and oxygen atoms in total. The maximum absolute atomic E-state index is 4.55. The first kappa shape index (κ1) is 15.2. The molecule has 4 rings (SSSR count). The van der Waals surface area contributed by atoms with E-state index in [0.29, 0.717) is 0 Å². The molecule has 1 saturated heterocycles. The predicted octanol–water partition coefficient (Wildman–Crippen LogP) is 4.94. The van der Waals surface area contributed by atoms with E-state index in [1.165, 1.54) is 48.5 Å². The summed E-state index contributed by atoms with van der Waals surface area (Å²) in [4.78, 5) is 3.74. The largest absolute Gasteiger partial charge is 0.372 e. The van der Waals surface area contributed by atoms with Gasteiger partial charge in [-0.25, -0.2) is 0 Å². The average Bonchev–Trinajstić information content (AvgIpc) is 3.24. The Kier molecular flexibility index (Phi) is 4.40. The first-order valence-electron chi connectivity index (χ1n) is 8.21. The maximum atomic E-state index is 4.55. The SMILES string of the molecule is Brc1ccsc1C1=NNC(c2ccc(N3CCCCC3)cc2)C1. The van der Waals surface area contributed by atoms with Crippen molar-refractivity contribution in [3.05, 3.63) is 50.6 Å². The molecular formula is C18H20BrN3S. The summed E-state index contributed by atoms with van der Waals surface area (Å²) in [5.41, 5.74) is 7.12. The minimum Gasteiger partial charge on any atom is -0.372 e. The lowest BCUT2D eigenvalue weighted by Gasteiger charge is -2.29. The van der Waals surface area contributed by atoms with Crippen LogP contribution in [0.2, 0.25) is 0 Å². The lowest BCUT2D eigenvalue weighted by Crippen LogP contribution is -2.29. The molecule has 1 fully saturated rings. The predicted molar refractivity (Wildman–Crippen MR) is 102 cm³/mol. The molecule has 120 valence electrons. The lowest BCUT2D eigenvalue weighted by molar-refractivity contribution is 0.577. The van der Waals surface area contributed by atoms with Crippen LogP contribution in [0.15, 0.2) is 45.3 Å². The molecule has 3 heterocycles. The van der Waals surface area contributed by atoms with E-state index in [2.05, 4.69) is 67.1 Å². The molecule has 0 aliphatic carbocycles. The number of hydrogen-bond acceptors (Lipinski definition) is 4. The van der Waals surface area contributed by atoms with Crippen molar-refractivity contribution < 1.29 is 0 Å². The lowest BCUT2D eigenvalue weighted by atomic mass is 10.0. The Morgan fingerprint density at radius 3 is 2.57 bits per heavy atom. The van der Waals surface area contributed by atoms with E-state index in [1.807, 2.05) is 0 Å². The van der Waals surface area contributed by atoms with Crippen molar-refractivity contribution >= 4 is 38.7 Å². The number of nitrogens with one attached hydrogen (secondary N) is 1. The van der Waals surface area contributed by atoms with Crippen molar-refractivity contribution in [1.29, 1.82) is 0 Å². The summed E-state index contributed by atoms with van der Waals surface area (Å²) in [6.07, 6.45) is 4.96. The molecule has 2 aliphatic rings. The van der Waals surface area contributed by atoms with Crippen LogP contribution in [0.3, 0.4) is 0 Å². The van der Waals surface area contributed by atoms with Crippen molar-refractivity contribution in [2.45, 2.75) is 31.7 Å². The van der Waals surface area contributed by atoms with Gasteiger partial charge in [0.15, 0.2) is 0 Å². The molecule has 1 unspecified atom stereocenters. The molecule has 2 aromatic rings. The Hall–Kier alpha value is -1.33. The summed E-state index contributed by atoms with van der Waals surface area (Å²) in [6, 6.07) is 11.4. The van der Waals surface area contributed by atoms with Gasteiger partial charge in [-0.2, -0.15) is 5.10 Å². The standard InChI is InChI=1S/C18H20BrN3S/c19-15-8-11-23-18(15)17-12-16(20-21-17)13-4-6-14(7-5-13)22-9-2-1-3-10-22/h4-8,11,16,20H,1-3,9-10,12H2. The maximum Gasteiger partial charge on any atom is 0.0810 e. The van der Waals surface area contributed by atoms with Crippen molar-refractivity contribution in [1.82, 2.24) is 5.43 Å². The summed E-state index contributed by atoms with van der Waals surface area (Å²) in [6.45, 7) is 2.39. The molecule has 1 atom stereocenters. The van der Waals surface area contributed by atoms with E-state index in [9.17, 15) is 0 Å². The Morgan fingerprint density at radius 2 is 1.87 bits per heavy atom. The van der Waals surface area contributed by atoms with Crippen LogP contribution >= 0.6 is 27.3 Å². The molecule has 0 spiro atoms. The van der Waals surface area contributed by atoms with Crippen LogP contribution in [0.1, 0.15) is 42.2 Å². The second kappa shape index (κ2) is 6.65. The van der Waals surface area contributed by atoms with Gasteiger partial charge in [-0.1, -0.05) is 12.1 Å². The number of thiophene rings is 1. The quantitative estimate of drug-likeness (QED) is 0.804. The molecule has 0 saturated carbocycles. The van der Waals surface area contributed by atoms with E-state index in [0.717, 1.165) is 16.6 Å². The van der Waals surface area contributed by atoms with Gasteiger partial charge in [-0.3, -0.25) is 0 Å². The topological polar surface area (TPSA) is 27.6 Å². The Balaban J connectivity index is 1.44. The van der Waals surface area contributed by atoms with Crippen LogP contribution in [0.5, 0.6) is 0 Å². The molecular weight excluding hydrogens is 370 g/mol. The van der Waals surface area contributed by atoms with E-state index in [1.54, 1.807) is 11.3 Å². The number of anilines is 1. The first-order chi connectivity index (χ1) is 11.3. The molecule has 1 aromatic heterocycles. The zero-order chi connectivity index (χ0) is 15.6. The molecule has 0 bridgehead atoms. The molecule has 0 radical (unpaired) electrons. The summed E-state index contributed by atoms with van der Waals surface area (Å²) in [7, 11) is 0. The van der Waals surface area contributed by atoms with Gasteiger partial charge in [-0.05, 0) is 64.3 Å². The number of benzene rings is 1. The molecule has 0 amide bonds. The highest BCUT2D eigenvalue weighted by molar-refractivity contribution is 9.10. The number of hydrazone groups is 1. The Bertz CT molecular complexity index is 701. The van der Waals surface area contributed by atoms with Gasteiger partial charge in [0, 0.05) is 29.7 Å². The fraction of sp³-hybridized carbons (Fsp3) is 0.389. The van der Waals surface area contributed by atoms with Gasteiger partial charge in [0.25, 0.3) is 0 Å². The van der Waals surface area contributed by atoms with Gasteiger partial charge in [-0.15, -0.1) is 11.3 Å². The second-order valence-corrected chi connectivity index (χ2v) is 7.95. The Morgan fingerprint density at radius 1 is 1.09 bits per heavy atom. The van der Waals surface area contributed by atoms with Crippen molar-refractivity contribution in [2.75, 3.05) is 18.0 Å². The normalized spacial score (nSPS) is 21.2. The average molecular weight is 390 g/mol. The third-order valence-electron chi connectivity index (χ3n) is 4.65. The van der Waals surface area contributed by atoms with Gasteiger partial charge < -0.3 is 10.3 Å². The third-order valence-corrected chi connectivity index (χ3v) is 6.54. The molecule has 1 N–H and O–H groups in total. The fourth-order valence-corrected chi connectivity index (χ4v) is 4.95. The van der Waals surface area contributed by atoms with Gasteiger partial charge in [0.05, 0.1) is 16.6 Å². The summed E-state index contributed by atoms with van der Waals surface area (Å²) >= 11 is 5.34. The smallest absolute Gasteiger partial charge is 0.0810 e. The number of rotatable bonds is 3. The zero-order valence-electron chi connectivity index (χ0n) is 13.0. The van der Waals surface area contributed by atoms with Gasteiger partial charge in [0.2, 0.25) is 0 Å². The van der Waals surface area contributed by atoms with E-state index < -0.39 is 0 Å². The van der Waals surface area contributed by atoms with Crippen molar-refractivity contribution in [2.24, 2.45) is 5.10 Å². The van der Waals surface area contributed by atoms with Crippen molar-refractivity contribution in [3.63, 3.8) is 0 Å². The second-order valence-electron chi connectivity index (χ2n) is 6.18. The van der Waals surface area contributed by atoms with Gasteiger partial charge >= 0.3 is 0 Å². The van der Waals surface area contributed by atoms with Crippen LogP contribution < -0.4 is 10.3 Å². The third kappa shape index (κ3) is 3.17. The van der Waals surface area contributed by atoms with E-state index in [4.69, 9.17) is 0 Å². The highest BCUT2D eigenvalue weighted by atomic mass is 79.9. The zero-order valence-corrected chi connectivity index (χ0v) is 15.4. The summed E-state index contributed by atoms with van der Waals surface area (Å²) in [5, 5.41) is 6.65. The molecule has 2 aliphatic heterocycles. The van der Waals surface area contributed by atoms with Gasteiger partial charge in [0.1, 0.15) is 0 Å². The minimum absolute atomic E-state index is 0.286. The highest BCUT2D eigenvalue weighted by Crippen LogP contribution is 2.31. The highest BCUT2D eigenvalue weighted by Gasteiger charge is 2.23. The molecule has 23 heavy (non-hydrogen) atoms. The number of hydrogen-bond donors (Lipinski definition) is 1. The Labute approximate surface area is 149 Å². The van der Waals surface area contributed by atoms with Crippen LogP contribution in [0.4, 0.5) is 5.69 Å². The van der Waals surface area contributed by atoms with E-state index >= 15 is 0 Å². The minimum atomic E-state index is 0.286. The number of halogens is 1. The first-order valence-corrected chi connectivity index (χ1v) is 9.89. The molecule has 1 aromatic carbocycles. The number of nitrogens with zero attached hydrogens (tertiary/aromatic N) is 2. The van der Waals surface area contributed by atoms with Crippen molar-refractivity contribution in [3.8, 4) is 0 Å². The summed E-state index contributed by atoms with van der Waals surface area (Å²) < 4.78 is 1.14. The summed E-state index contributed by atoms with van der Waals surface area (Å²) in [5.74, 6) is 0. The fourth-order valence-electron chi connectivity index (χ4n) is 3.35. The number of piperidine rings is 1. The van der Waals surface area contributed by atoms with Crippen LogP contribution in [0, 0.1) is 0 Å².